The third-order valence-corrected chi connectivity index (χ3v) is 4.88. The average Bonchev–Trinajstić information content (AvgIpc) is 2.46. The highest BCUT2D eigenvalue weighted by atomic mass is 19.4. The van der Waals surface area contributed by atoms with Crippen LogP contribution in [0.3, 0.4) is 0 Å². The van der Waals surface area contributed by atoms with Gasteiger partial charge in [-0.25, -0.2) is 0 Å². The van der Waals surface area contributed by atoms with E-state index in [1.807, 2.05) is 19.2 Å². The van der Waals surface area contributed by atoms with Crippen molar-refractivity contribution in [3.8, 4) is 0 Å². The fourth-order valence-electron chi connectivity index (χ4n) is 3.43. The lowest BCUT2D eigenvalue weighted by Crippen LogP contribution is -2.39. The molecule has 0 amide bonds. The van der Waals surface area contributed by atoms with Crippen molar-refractivity contribution in [3.05, 3.63) is 35.4 Å². The normalized spacial score (nSPS) is 24.8. The molecule has 2 rings (SSSR count). The summed E-state index contributed by atoms with van der Waals surface area (Å²) >= 11 is 0. The van der Waals surface area contributed by atoms with Crippen LogP contribution in [-0.4, -0.2) is 19.3 Å². The molecule has 1 unspecified atom stereocenters. The van der Waals surface area contributed by atoms with E-state index in [1.54, 1.807) is 0 Å². The van der Waals surface area contributed by atoms with Gasteiger partial charge >= 0.3 is 6.18 Å². The number of hydrogen-bond donors (Lipinski definition) is 1. The summed E-state index contributed by atoms with van der Waals surface area (Å²) in [5, 5.41) is 3.32. The molecule has 1 aliphatic rings. The van der Waals surface area contributed by atoms with Gasteiger partial charge in [-0.05, 0) is 63.1 Å². The van der Waals surface area contributed by atoms with Gasteiger partial charge in [0, 0.05) is 6.04 Å². The Kier molecular flexibility index (Phi) is 5.31. The van der Waals surface area contributed by atoms with Gasteiger partial charge < -0.3 is 5.32 Å². The van der Waals surface area contributed by atoms with Crippen molar-refractivity contribution in [2.75, 3.05) is 7.05 Å². The first kappa shape index (κ1) is 16.3. The summed E-state index contributed by atoms with van der Waals surface area (Å²) in [5.41, 5.74) is 2.54. The molecular weight excluding hydrogens is 275 g/mol. The van der Waals surface area contributed by atoms with Crippen LogP contribution in [0, 0.1) is 18.8 Å². The molecule has 21 heavy (non-hydrogen) atoms. The topological polar surface area (TPSA) is 12.0 Å². The minimum absolute atomic E-state index is 0.264. The van der Waals surface area contributed by atoms with Crippen molar-refractivity contribution in [3.63, 3.8) is 0 Å². The van der Waals surface area contributed by atoms with Crippen LogP contribution in [0.25, 0.3) is 0 Å². The average molecular weight is 299 g/mol. The predicted molar refractivity (Wildman–Crippen MR) is 79.2 cm³/mol. The van der Waals surface area contributed by atoms with Gasteiger partial charge in [0.2, 0.25) is 0 Å². The molecule has 1 saturated carbocycles. The molecule has 4 heteroatoms. The number of alkyl halides is 3. The Morgan fingerprint density at radius 3 is 2.29 bits per heavy atom. The lowest BCUT2D eigenvalue weighted by Gasteiger charge is -2.34. The molecule has 118 valence electrons. The van der Waals surface area contributed by atoms with Gasteiger partial charge in [-0.3, -0.25) is 0 Å². The van der Waals surface area contributed by atoms with Crippen LogP contribution in [0.5, 0.6) is 0 Å². The standard InChI is InChI=1S/C17H24F3N/c1-12-5-3-4-6-14(12)11-16(21-2)13-7-9-15(10-8-13)17(18,19)20/h3-6,13,15-16,21H,7-11H2,1-2H3. The van der Waals surface area contributed by atoms with Gasteiger partial charge in [0.05, 0.1) is 5.92 Å². The van der Waals surface area contributed by atoms with Crippen molar-refractivity contribution < 1.29 is 13.2 Å². The van der Waals surface area contributed by atoms with E-state index in [-0.39, 0.29) is 18.9 Å². The Hall–Kier alpha value is -1.03. The molecule has 1 aromatic rings. The van der Waals surface area contributed by atoms with Crippen molar-refractivity contribution >= 4 is 0 Å². The zero-order chi connectivity index (χ0) is 15.5. The molecule has 0 aromatic heterocycles. The molecule has 1 aromatic carbocycles. The molecule has 0 heterocycles. The maximum atomic E-state index is 12.7. The molecule has 1 aliphatic carbocycles. The molecule has 0 aliphatic heterocycles. The van der Waals surface area contributed by atoms with Gasteiger partial charge in [-0.1, -0.05) is 24.3 Å². The summed E-state index contributed by atoms with van der Waals surface area (Å²) in [6.07, 6.45) is -1.23. The molecule has 0 radical (unpaired) electrons. The van der Waals surface area contributed by atoms with E-state index < -0.39 is 12.1 Å². The molecular formula is C17H24F3N. The smallest absolute Gasteiger partial charge is 0.316 e. The Morgan fingerprint density at radius 2 is 1.76 bits per heavy atom. The minimum Gasteiger partial charge on any atom is -0.316 e. The van der Waals surface area contributed by atoms with Crippen molar-refractivity contribution in [2.24, 2.45) is 11.8 Å². The Morgan fingerprint density at radius 1 is 1.14 bits per heavy atom. The maximum absolute atomic E-state index is 12.7. The van der Waals surface area contributed by atoms with E-state index in [1.165, 1.54) is 11.1 Å². The van der Waals surface area contributed by atoms with Crippen LogP contribution in [0.15, 0.2) is 24.3 Å². The number of likely N-dealkylation sites (N-methyl/N-ethyl adjacent to an activating group) is 1. The van der Waals surface area contributed by atoms with E-state index >= 15 is 0 Å². The molecule has 0 spiro atoms. The Labute approximate surface area is 124 Å². The fourth-order valence-corrected chi connectivity index (χ4v) is 3.43. The lowest BCUT2D eigenvalue weighted by molar-refractivity contribution is -0.184. The summed E-state index contributed by atoms with van der Waals surface area (Å²) in [4.78, 5) is 0. The van der Waals surface area contributed by atoms with Gasteiger partial charge in [0.1, 0.15) is 0 Å². The van der Waals surface area contributed by atoms with E-state index in [0.29, 0.717) is 18.8 Å². The number of rotatable bonds is 4. The van der Waals surface area contributed by atoms with Crippen molar-refractivity contribution in [1.29, 1.82) is 0 Å². The second-order valence-electron chi connectivity index (χ2n) is 6.18. The van der Waals surface area contributed by atoms with Crippen LogP contribution in [0.2, 0.25) is 0 Å². The molecule has 1 atom stereocenters. The first-order valence-electron chi connectivity index (χ1n) is 7.70. The number of halogens is 3. The van der Waals surface area contributed by atoms with Crippen LogP contribution in [-0.2, 0) is 6.42 Å². The molecule has 0 bridgehead atoms. The van der Waals surface area contributed by atoms with E-state index in [4.69, 9.17) is 0 Å². The lowest BCUT2D eigenvalue weighted by atomic mass is 9.76. The summed E-state index contributed by atoms with van der Waals surface area (Å²) in [6, 6.07) is 8.50. The first-order valence-corrected chi connectivity index (χ1v) is 7.70. The first-order chi connectivity index (χ1) is 9.91. The fraction of sp³-hybridized carbons (Fsp3) is 0.647. The van der Waals surface area contributed by atoms with E-state index in [0.717, 1.165) is 6.42 Å². The van der Waals surface area contributed by atoms with E-state index in [9.17, 15) is 13.2 Å². The van der Waals surface area contributed by atoms with Crippen LogP contribution in [0.1, 0.15) is 36.8 Å². The Bertz CT molecular complexity index is 448. The third kappa shape index (κ3) is 4.22. The maximum Gasteiger partial charge on any atom is 0.391 e. The quantitative estimate of drug-likeness (QED) is 0.863. The van der Waals surface area contributed by atoms with Gasteiger partial charge in [-0.2, -0.15) is 13.2 Å². The van der Waals surface area contributed by atoms with Crippen LogP contribution < -0.4 is 5.32 Å². The van der Waals surface area contributed by atoms with Gasteiger partial charge in [-0.15, -0.1) is 0 Å². The summed E-state index contributed by atoms with van der Waals surface area (Å²) in [5.74, 6) is -0.752. The monoisotopic (exact) mass is 299 g/mol. The number of nitrogens with one attached hydrogen (secondary N) is 1. The Balaban J connectivity index is 1.96. The minimum atomic E-state index is -4.02. The molecule has 1 nitrogen and oxygen atoms in total. The summed E-state index contributed by atoms with van der Waals surface area (Å²) < 4.78 is 38.2. The number of benzene rings is 1. The van der Waals surface area contributed by atoms with Crippen molar-refractivity contribution in [2.45, 2.75) is 51.2 Å². The highest BCUT2D eigenvalue weighted by Crippen LogP contribution is 2.40. The second kappa shape index (κ2) is 6.82. The summed E-state index contributed by atoms with van der Waals surface area (Å²) in [7, 11) is 1.92. The zero-order valence-corrected chi connectivity index (χ0v) is 12.7. The van der Waals surface area contributed by atoms with Crippen LogP contribution in [0.4, 0.5) is 13.2 Å². The second-order valence-corrected chi connectivity index (χ2v) is 6.18. The third-order valence-electron chi connectivity index (χ3n) is 4.88. The van der Waals surface area contributed by atoms with E-state index in [2.05, 4.69) is 24.4 Å². The summed E-state index contributed by atoms with van der Waals surface area (Å²) in [6.45, 7) is 2.09. The largest absolute Gasteiger partial charge is 0.391 e. The predicted octanol–water partition coefficient (Wildman–Crippen LogP) is 4.49. The molecule has 0 saturated heterocycles. The zero-order valence-electron chi connectivity index (χ0n) is 12.7. The van der Waals surface area contributed by atoms with Gasteiger partial charge in [0.15, 0.2) is 0 Å². The number of hydrogen-bond acceptors (Lipinski definition) is 1. The molecule has 1 fully saturated rings. The highest BCUT2D eigenvalue weighted by molar-refractivity contribution is 5.26. The van der Waals surface area contributed by atoms with Gasteiger partial charge in [0.25, 0.3) is 0 Å². The SMILES string of the molecule is CNC(Cc1ccccc1C)C1CCC(C(F)(F)F)CC1. The number of aryl methyl sites for hydroxylation is 1. The van der Waals surface area contributed by atoms with Crippen molar-refractivity contribution in [1.82, 2.24) is 5.32 Å². The highest BCUT2D eigenvalue weighted by Gasteiger charge is 2.42. The van der Waals surface area contributed by atoms with Crippen LogP contribution >= 0.6 is 0 Å². The molecule has 1 N–H and O–H groups in total.